The van der Waals surface area contributed by atoms with Crippen molar-refractivity contribution in [1.29, 1.82) is 0 Å². The first-order chi connectivity index (χ1) is 10.7. The molecule has 110 valence electrons. The van der Waals surface area contributed by atoms with Gasteiger partial charge in [0.15, 0.2) is 11.0 Å². The Morgan fingerprint density at radius 3 is 2.45 bits per heavy atom. The summed E-state index contributed by atoms with van der Waals surface area (Å²) >= 11 is 7.46. The molecular weight excluding hydrogens is 318 g/mol. The van der Waals surface area contributed by atoms with Crippen LogP contribution in [0, 0.1) is 0 Å². The minimum atomic E-state index is -0.287. The van der Waals surface area contributed by atoms with Crippen molar-refractivity contribution in [2.24, 2.45) is 0 Å². The van der Waals surface area contributed by atoms with Crippen LogP contribution in [0.25, 0.3) is 11.4 Å². The number of rotatable bonds is 3. The molecule has 1 heterocycles. The van der Waals surface area contributed by atoms with E-state index >= 15 is 0 Å². The van der Waals surface area contributed by atoms with Crippen LogP contribution in [-0.4, -0.2) is 26.9 Å². The molecule has 4 nitrogen and oxygen atoms in total. The maximum absolute atomic E-state index is 12.7. The van der Waals surface area contributed by atoms with Crippen LogP contribution in [0.1, 0.15) is 10.4 Å². The van der Waals surface area contributed by atoms with E-state index in [0.717, 1.165) is 5.56 Å². The second-order valence-corrected chi connectivity index (χ2v) is 5.67. The van der Waals surface area contributed by atoms with Crippen molar-refractivity contribution in [2.45, 2.75) is 5.16 Å². The largest absolute Gasteiger partial charge is 0.282 e. The van der Waals surface area contributed by atoms with E-state index in [0.29, 0.717) is 21.6 Å². The summed E-state index contributed by atoms with van der Waals surface area (Å²) in [6.45, 7) is 0. The van der Waals surface area contributed by atoms with E-state index in [1.165, 1.54) is 16.4 Å². The summed E-state index contributed by atoms with van der Waals surface area (Å²) < 4.78 is 1.30. The van der Waals surface area contributed by atoms with Gasteiger partial charge < -0.3 is 0 Å². The van der Waals surface area contributed by atoms with Crippen LogP contribution in [0.3, 0.4) is 0 Å². The lowest BCUT2D eigenvalue weighted by Crippen LogP contribution is -2.15. The molecule has 22 heavy (non-hydrogen) atoms. The standard InChI is InChI=1S/C16H12ClN3OS/c1-22-16-18-14(11-7-3-2-4-8-11)19-20(16)15(21)12-9-5-6-10-13(12)17/h2-10H,1H3. The molecule has 0 aliphatic heterocycles. The Balaban J connectivity index is 2.06. The Hall–Kier alpha value is -2.11. The predicted octanol–water partition coefficient (Wildman–Crippen LogP) is 4.01. The molecule has 0 saturated heterocycles. The van der Waals surface area contributed by atoms with E-state index in [2.05, 4.69) is 10.1 Å². The number of aromatic nitrogens is 3. The van der Waals surface area contributed by atoms with Gasteiger partial charge in [0, 0.05) is 5.56 Å². The zero-order valence-electron chi connectivity index (χ0n) is 11.7. The highest BCUT2D eigenvalue weighted by Crippen LogP contribution is 2.23. The number of halogens is 1. The highest BCUT2D eigenvalue weighted by Gasteiger charge is 2.19. The molecular formula is C16H12ClN3OS. The Labute approximate surface area is 137 Å². The fraction of sp³-hybridized carbons (Fsp3) is 0.0625. The molecule has 0 amide bonds. The first kappa shape index (κ1) is 14.8. The van der Waals surface area contributed by atoms with Gasteiger partial charge in [0.1, 0.15) is 0 Å². The number of hydrogen-bond donors (Lipinski definition) is 0. The quantitative estimate of drug-likeness (QED) is 0.681. The molecule has 0 spiro atoms. The van der Waals surface area contributed by atoms with Crippen LogP contribution in [-0.2, 0) is 0 Å². The molecule has 0 saturated carbocycles. The Kier molecular flexibility index (Phi) is 4.27. The molecule has 0 aliphatic rings. The van der Waals surface area contributed by atoms with E-state index in [9.17, 15) is 4.79 Å². The van der Waals surface area contributed by atoms with Crippen LogP contribution in [0.2, 0.25) is 5.02 Å². The zero-order valence-corrected chi connectivity index (χ0v) is 13.3. The fourth-order valence-electron chi connectivity index (χ4n) is 2.02. The highest BCUT2D eigenvalue weighted by molar-refractivity contribution is 7.98. The number of benzene rings is 2. The minimum Gasteiger partial charge on any atom is -0.267 e. The highest BCUT2D eigenvalue weighted by atomic mass is 35.5. The van der Waals surface area contributed by atoms with Crippen molar-refractivity contribution < 1.29 is 4.79 Å². The van der Waals surface area contributed by atoms with Gasteiger partial charge in [-0.25, -0.2) is 4.98 Å². The number of carbonyl (C=O) groups is 1. The molecule has 0 N–H and O–H groups in total. The minimum absolute atomic E-state index is 0.287. The van der Waals surface area contributed by atoms with Gasteiger partial charge in [-0.1, -0.05) is 65.8 Å². The first-order valence-electron chi connectivity index (χ1n) is 6.56. The maximum atomic E-state index is 12.7. The molecule has 6 heteroatoms. The van der Waals surface area contributed by atoms with Crippen molar-refractivity contribution in [1.82, 2.24) is 14.8 Å². The van der Waals surface area contributed by atoms with Crippen molar-refractivity contribution in [2.75, 3.05) is 6.26 Å². The van der Waals surface area contributed by atoms with Crippen molar-refractivity contribution in [3.63, 3.8) is 0 Å². The summed E-state index contributed by atoms with van der Waals surface area (Å²) in [5, 5.41) is 5.28. The van der Waals surface area contributed by atoms with E-state index in [1.807, 2.05) is 36.6 Å². The second kappa shape index (κ2) is 6.34. The zero-order chi connectivity index (χ0) is 15.5. The molecule has 0 aliphatic carbocycles. The van der Waals surface area contributed by atoms with Gasteiger partial charge in [-0.2, -0.15) is 4.68 Å². The number of nitrogens with zero attached hydrogens (tertiary/aromatic N) is 3. The first-order valence-corrected chi connectivity index (χ1v) is 8.16. The Morgan fingerprint density at radius 2 is 1.77 bits per heavy atom. The van der Waals surface area contributed by atoms with Gasteiger partial charge >= 0.3 is 0 Å². The van der Waals surface area contributed by atoms with Crippen molar-refractivity contribution in [3.8, 4) is 11.4 Å². The third kappa shape index (κ3) is 2.77. The third-order valence-electron chi connectivity index (χ3n) is 3.09. The molecule has 0 fully saturated rings. The van der Waals surface area contributed by atoms with Crippen molar-refractivity contribution >= 4 is 29.3 Å². The number of carbonyl (C=O) groups excluding carboxylic acids is 1. The van der Waals surface area contributed by atoms with Gasteiger partial charge in [-0.3, -0.25) is 4.79 Å². The van der Waals surface area contributed by atoms with Crippen LogP contribution < -0.4 is 0 Å². The van der Waals surface area contributed by atoms with Gasteiger partial charge in [0.05, 0.1) is 10.6 Å². The SMILES string of the molecule is CSc1nc(-c2ccccc2)nn1C(=O)c1ccccc1Cl. The third-order valence-corrected chi connectivity index (χ3v) is 4.05. The summed E-state index contributed by atoms with van der Waals surface area (Å²) in [5.74, 6) is 0.231. The molecule has 0 atom stereocenters. The van der Waals surface area contributed by atoms with Gasteiger partial charge in [-0.05, 0) is 18.4 Å². The second-order valence-electron chi connectivity index (χ2n) is 4.48. The molecule has 0 radical (unpaired) electrons. The average Bonchev–Trinajstić information content (AvgIpc) is 3.00. The van der Waals surface area contributed by atoms with Gasteiger partial charge in [0.25, 0.3) is 5.91 Å². The molecule has 1 aromatic heterocycles. The molecule has 3 aromatic rings. The molecule has 2 aromatic carbocycles. The Bertz CT molecular complexity index is 817. The summed E-state index contributed by atoms with van der Waals surface area (Å²) in [6, 6.07) is 16.5. The van der Waals surface area contributed by atoms with E-state index in [4.69, 9.17) is 11.6 Å². The maximum Gasteiger partial charge on any atom is 0.282 e. The van der Waals surface area contributed by atoms with E-state index in [-0.39, 0.29) is 5.91 Å². The topological polar surface area (TPSA) is 47.8 Å². The summed E-state index contributed by atoms with van der Waals surface area (Å²) in [5.41, 5.74) is 1.27. The monoisotopic (exact) mass is 329 g/mol. The fourth-order valence-corrected chi connectivity index (χ4v) is 2.71. The average molecular weight is 330 g/mol. The van der Waals surface area contributed by atoms with E-state index in [1.54, 1.807) is 24.3 Å². The molecule has 0 unspecified atom stereocenters. The number of thioether (sulfide) groups is 1. The van der Waals surface area contributed by atoms with Crippen molar-refractivity contribution in [3.05, 3.63) is 65.2 Å². The normalized spacial score (nSPS) is 10.6. The lowest BCUT2D eigenvalue weighted by molar-refractivity contribution is 0.0934. The van der Waals surface area contributed by atoms with Gasteiger partial charge in [0.2, 0.25) is 0 Å². The summed E-state index contributed by atoms with van der Waals surface area (Å²) in [6.07, 6.45) is 1.86. The lowest BCUT2D eigenvalue weighted by Gasteiger charge is -2.04. The summed E-state index contributed by atoms with van der Waals surface area (Å²) in [4.78, 5) is 17.1. The van der Waals surface area contributed by atoms with Gasteiger partial charge in [-0.15, -0.1) is 5.10 Å². The Morgan fingerprint density at radius 1 is 1.09 bits per heavy atom. The van der Waals surface area contributed by atoms with Crippen LogP contribution in [0.4, 0.5) is 0 Å². The predicted molar refractivity (Wildman–Crippen MR) is 88.4 cm³/mol. The lowest BCUT2D eigenvalue weighted by atomic mass is 10.2. The van der Waals surface area contributed by atoms with Crippen LogP contribution >= 0.6 is 23.4 Å². The number of hydrogen-bond acceptors (Lipinski definition) is 4. The molecule has 3 rings (SSSR count). The molecule has 0 bridgehead atoms. The van der Waals surface area contributed by atoms with E-state index < -0.39 is 0 Å². The summed E-state index contributed by atoms with van der Waals surface area (Å²) in [7, 11) is 0. The van der Waals surface area contributed by atoms with Crippen LogP contribution in [0.5, 0.6) is 0 Å². The smallest absolute Gasteiger partial charge is 0.267 e. The van der Waals surface area contributed by atoms with Crippen LogP contribution in [0.15, 0.2) is 59.8 Å².